The zero-order valence-electron chi connectivity index (χ0n) is 5.05. The Morgan fingerprint density at radius 3 is 2.50 bits per heavy atom. The van der Waals surface area contributed by atoms with Crippen LogP contribution in [0.5, 0.6) is 0 Å². The van der Waals surface area contributed by atoms with Crippen molar-refractivity contribution in [2.24, 2.45) is 5.92 Å². The van der Waals surface area contributed by atoms with Gasteiger partial charge in [-0.3, -0.25) is 4.79 Å². The summed E-state index contributed by atoms with van der Waals surface area (Å²) in [5.74, 6) is -1.22. The van der Waals surface area contributed by atoms with Crippen LogP contribution in [0.2, 0.25) is 0 Å². The molecule has 1 N–H and O–H groups in total. The third-order valence-corrected chi connectivity index (χ3v) is 0.986. The topological polar surface area (TPSA) is 37.3 Å². The second kappa shape index (κ2) is 3.47. The van der Waals surface area contributed by atoms with E-state index in [4.69, 9.17) is 5.11 Å². The minimum Gasteiger partial charge on any atom is -0.481 e. The van der Waals surface area contributed by atoms with Gasteiger partial charge in [-0.25, -0.2) is 0 Å². The van der Waals surface area contributed by atoms with Gasteiger partial charge in [0.1, 0.15) is 0 Å². The maximum absolute atomic E-state index is 10.0. The van der Waals surface area contributed by atoms with Crippen molar-refractivity contribution in [2.75, 3.05) is 0 Å². The summed E-state index contributed by atoms with van der Waals surface area (Å²) in [5.41, 5.74) is 0. The van der Waals surface area contributed by atoms with Crippen molar-refractivity contribution in [2.45, 2.75) is 19.8 Å². The van der Waals surface area contributed by atoms with Crippen LogP contribution in [0, 0.1) is 12.8 Å². The van der Waals surface area contributed by atoms with E-state index in [1.807, 2.05) is 6.92 Å². The third-order valence-electron chi connectivity index (χ3n) is 0.986. The summed E-state index contributed by atoms with van der Waals surface area (Å²) in [5, 5.41) is 8.25. The molecule has 0 saturated carbocycles. The summed E-state index contributed by atoms with van der Waals surface area (Å²) in [6.45, 7) is 5.37. The predicted molar refractivity (Wildman–Crippen MR) is 31.4 cm³/mol. The van der Waals surface area contributed by atoms with E-state index in [2.05, 4.69) is 6.92 Å². The van der Waals surface area contributed by atoms with Crippen LogP contribution in [-0.2, 0) is 4.79 Å². The molecule has 0 bridgehead atoms. The summed E-state index contributed by atoms with van der Waals surface area (Å²) in [4.78, 5) is 10.0. The summed E-state index contributed by atoms with van der Waals surface area (Å²) >= 11 is 0. The first-order valence-electron chi connectivity index (χ1n) is 2.74. The first-order valence-corrected chi connectivity index (χ1v) is 2.74. The van der Waals surface area contributed by atoms with E-state index < -0.39 is 11.9 Å². The van der Waals surface area contributed by atoms with E-state index in [0.717, 1.165) is 6.42 Å². The summed E-state index contributed by atoms with van der Waals surface area (Å²) < 4.78 is 0. The average molecular weight is 115 g/mol. The minimum absolute atomic E-state index is 0.417. The molecule has 2 nitrogen and oxygen atoms in total. The van der Waals surface area contributed by atoms with Gasteiger partial charge in [0.15, 0.2) is 0 Å². The molecule has 0 aromatic heterocycles. The Hall–Kier alpha value is -0.530. The first kappa shape index (κ1) is 7.47. The highest BCUT2D eigenvalue weighted by atomic mass is 16.4. The monoisotopic (exact) mass is 115 g/mol. The second-order valence-corrected chi connectivity index (χ2v) is 1.82. The Morgan fingerprint density at radius 1 is 1.88 bits per heavy atom. The maximum Gasteiger partial charge on any atom is 0.306 e. The van der Waals surface area contributed by atoms with Crippen molar-refractivity contribution in [1.82, 2.24) is 0 Å². The molecule has 1 atom stereocenters. The second-order valence-electron chi connectivity index (χ2n) is 1.82. The number of carboxylic acids is 1. The van der Waals surface area contributed by atoms with Crippen molar-refractivity contribution < 1.29 is 9.90 Å². The average Bonchev–Trinajstić information content (AvgIpc) is 1.67. The summed E-state index contributed by atoms with van der Waals surface area (Å²) in [6.07, 6.45) is 1.57. The van der Waals surface area contributed by atoms with Crippen molar-refractivity contribution in [3.05, 3.63) is 6.92 Å². The molecular weight excluding hydrogens is 104 g/mol. The minimum atomic E-state index is -0.799. The molecule has 2 heteroatoms. The number of carboxylic acid groups (broad SMARTS) is 1. The fourth-order valence-electron chi connectivity index (χ4n) is 0.472. The Balaban J connectivity index is 3.32. The van der Waals surface area contributed by atoms with E-state index >= 15 is 0 Å². The molecular formula is C6H11O2. The zero-order chi connectivity index (χ0) is 6.57. The third kappa shape index (κ3) is 2.61. The van der Waals surface area contributed by atoms with Crippen molar-refractivity contribution in [1.29, 1.82) is 0 Å². The molecule has 0 amide bonds. The fraction of sp³-hybridized carbons (Fsp3) is 0.667. The standard InChI is InChI=1S/C6H11O2/c1-3-4-5(2)6(7)8/h5H,2-4H2,1H3,(H,7,8). The highest BCUT2D eigenvalue weighted by molar-refractivity contribution is 5.70. The van der Waals surface area contributed by atoms with Crippen molar-refractivity contribution in [3.8, 4) is 0 Å². The number of rotatable bonds is 3. The zero-order valence-corrected chi connectivity index (χ0v) is 5.05. The molecule has 0 heterocycles. The van der Waals surface area contributed by atoms with Crippen LogP contribution in [-0.4, -0.2) is 11.1 Å². The van der Waals surface area contributed by atoms with E-state index in [9.17, 15) is 4.79 Å². The van der Waals surface area contributed by atoms with Gasteiger partial charge in [0.05, 0.1) is 5.92 Å². The number of carbonyl (C=O) groups is 1. The Morgan fingerprint density at radius 2 is 2.38 bits per heavy atom. The van der Waals surface area contributed by atoms with Crippen molar-refractivity contribution >= 4 is 5.97 Å². The van der Waals surface area contributed by atoms with Crippen LogP contribution in [0.15, 0.2) is 0 Å². The molecule has 0 aliphatic carbocycles. The fourth-order valence-corrected chi connectivity index (χ4v) is 0.472. The highest BCUT2D eigenvalue weighted by Crippen LogP contribution is 2.02. The lowest BCUT2D eigenvalue weighted by molar-refractivity contribution is -0.140. The van der Waals surface area contributed by atoms with E-state index in [1.54, 1.807) is 0 Å². The smallest absolute Gasteiger partial charge is 0.306 e. The van der Waals surface area contributed by atoms with Gasteiger partial charge in [-0.2, -0.15) is 0 Å². The van der Waals surface area contributed by atoms with Gasteiger partial charge in [0.25, 0.3) is 0 Å². The SMILES string of the molecule is [CH2]C(CCC)C(=O)O. The quantitative estimate of drug-likeness (QED) is 0.602. The predicted octanol–water partition coefficient (Wildman–Crippen LogP) is 1.32. The molecule has 0 saturated heterocycles. The lowest BCUT2D eigenvalue weighted by atomic mass is 10.1. The van der Waals surface area contributed by atoms with Gasteiger partial charge in [-0.1, -0.05) is 13.3 Å². The molecule has 0 aliphatic heterocycles. The molecule has 0 aliphatic rings. The number of hydrogen-bond acceptors (Lipinski definition) is 1. The van der Waals surface area contributed by atoms with E-state index in [0.29, 0.717) is 6.42 Å². The van der Waals surface area contributed by atoms with E-state index in [1.165, 1.54) is 0 Å². The molecule has 0 fully saturated rings. The Bertz CT molecular complexity index is 78.6. The number of hydrogen-bond donors (Lipinski definition) is 1. The normalized spacial score (nSPS) is 13.2. The van der Waals surface area contributed by atoms with Crippen LogP contribution >= 0.6 is 0 Å². The molecule has 1 unspecified atom stereocenters. The Labute approximate surface area is 49.5 Å². The molecule has 0 spiro atoms. The maximum atomic E-state index is 10.0. The van der Waals surface area contributed by atoms with Gasteiger partial charge in [0, 0.05) is 0 Å². The molecule has 0 aromatic rings. The van der Waals surface area contributed by atoms with Crippen LogP contribution < -0.4 is 0 Å². The lowest BCUT2D eigenvalue weighted by Gasteiger charge is -1.99. The van der Waals surface area contributed by atoms with Gasteiger partial charge in [-0.15, -0.1) is 0 Å². The summed E-state index contributed by atoms with van der Waals surface area (Å²) in [6, 6.07) is 0. The van der Waals surface area contributed by atoms with Gasteiger partial charge >= 0.3 is 5.97 Å². The number of aliphatic carboxylic acids is 1. The van der Waals surface area contributed by atoms with Crippen LogP contribution in [0.1, 0.15) is 19.8 Å². The van der Waals surface area contributed by atoms with Crippen LogP contribution in [0.4, 0.5) is 0 Å². The largest absolute Gasteiger partial charge is 0.481 e. The first-order chi connectivity index (χ1) is 3.68. The summed E-state index contributed by atoms with van der Waals surface area (Å²) in [7, 11) is 0. The lowest BCUT2D eigenvalue weighted by Crippen LogP contribution is -2.08. The molecule has 0 rings (SSSR count). The Kier molecular flexibility index (Phi) is 3.24. The van der Waals surface area contributed by atoms with Gasteiger partial charge in [0.2, 0.25) is 0 Å². The van der Waals surface area contributed by atoms with Gasteiger partial charge in [-0.05, 0) is 13.3 Å². The molecule has 0 aromatic carbocycles. The molecule has 47 valence electrons. The molecule has 8 heavy (non-hydrogen) atoms. The molecule has 1 radical (unpaired) electrons. The highest BCUT2D eigenvalue weighted by Gasteiger charge is 2.07. The van der Waals surface area contributed by atoms with Crippen LogP contribution in [0.3, 0.4) is 0 Å². The van der Waals surface area contributed by atoms with Crippen LogP contribution in [0.25, 0.3) is 0 Å². The van der Waals surface area contributed by atoms with Crippen molar-refractivity contribution in [3.63, 3.8) is 0 Å². The van der Waals surface area contributed by atoms with Gasteiger partial charge < -0.3 is 5.11 Å². The van der Waals surface area contributed by atoms with E-state index in [-0.39, 0.29) is 0 Å².